The third kappa shape index (κ3) is 5.90. The van der Waals surface area contributed by atoms with Gasteiger partial charge in [-0.05, 0) is 54.8 Å². The van der Waals surface area contributed by atoms with Crippen molar-refractivity contribution < 1.29 is 17.9 Å². The molecule has 1 saturated heterocycles. The van der Waals surface area contributed by atoms with E-state index < -0.39 is 15.9 Å². The maximum Gasteiger partial charge on any atom is 0.254 e. The van der Waals surface area contributed by atoms with E-state index in [4.69, 9.17) is 27.9 Å². The van der Waals surface area contributed by atoms with E-state index in [9.17, 15) is 13.2 Å². The molecule has 0 unspecified atom stereocenters. The van der Waals surface area contributed by atoms with Crippen LogP contribution in [-0.4, -0.2) is 43.4 Å². The van der Waals surface area contributed by atoms with Gasteiger partial charge in [0.05, 0.1) is 18.1 Å². The maximum absolute atomic E-state index is 13.3. The van der Waals surface area contributed by atoms with Crippen LogP contribution in [0.25, 0.3) is 0 Å². The van der Waals surface area contributed by atoms with Crippen LogP contribution in [-0.2, 0) is 16.4 Å². The number of benzene rings is 2. The topological polar surface area (TPSA) is 63.7 Å². The van der Waals surface area contributed by atoms with E-state index in [1.807, 2.05) is 0 Å². The highest BCUT2D eigenvalue weighted by Gasteiger charge is 2.35. The summed E-state index contributed by atoms with van der Waals surface area (Å²) < 4.78 is 29.7. The molecule has 8 heteroatoms. The van der Waals surface area contributed by atoms with E-state index in [0.717, 1.165) is 18.4 Å². The average molecular weight is 470 g/mol. The lowest BCUT2D eigenvalue weighted by Crippen LogP contribution is -2.40. The minimum absolute atomic E-state index is 0.0395. The molecule has 5 nitrogen and oxygen atoms in total. The van der Waals surface area contributed by atoms with Gasteiger partial charge in [0.1, 0.15) is 5.75 Å². The first-order chi connectivity index (χ1) is 14.3. The Morgan fingerprint density at radius 2 is 1.90 bits per heavy atom. The largest absolute Gasteiger partial charge is 0.494 e. The number of carbonyl (C=O) groups is 1. The predicted octanol–water partition coefficient (Wildman–Crippen LogP) is 5.00. The molecule has 30 heavy (non-hydrogen) atoms. The molecule has 2 aromatic rings. The minimum atomic E-state index is -3.15. The number of nitrogens with zero attached hydrogens (tertiary/aromatic N) is 1. The molecule has 0 aromatic heterocycles. The Morgan fingerprint density at radius 1 is 1.17 bits per heavy atom. The van der Waals surface area contributed by atoms with Gasteiger partial charge in [-0.3, -0.25) is 4.79 Å². The molecule has 0 bridgehead atoms. The zero-order valence-electron chi connectivity index (χ0n) is 16.8. The van der Waals surface area contributed by atoms with Crippen LogP contribution in [0, 0.1) is 0 Å². The summed E-state index contributed by atoms with van der Waals surface area (Å²) in [5.74, 6) is 0.515. The number of halogens is 2. The van der Waals surface area contributed by atoms with Crippen molar-refractivity contribution in [1.29, 1.82) is 0 Å². The summed E-state index contributed by atoms with van der Waals surface area (Å²) in [6, 6.07) is 11.7. The molecule has 1 fully saturated rings. The highest BCUT2D eigenvalue weighted by molar-refractivity contribution is 7.91. The van der Waals surface area contributed by atoms with Crippen LogP contribution in [0.2, 0.25) is 10.0 Å². The fourth-order valence-electron chi connectivity index (χ4n) is 3.42. The van der Waals surface area contributed by atoms with Crippen LogP contribution < -0.4 is 4.74 Å². The van der Waals surface area contributed by atoms with Gasteiger partial charge in [0, 0.05) is 28.2 Å². The van der Waals surface area contributed by atoms with Crippen molar-refractivity contribution in [2.45, 2.75) is 38.8 Å². The van der Waals surface area contributed by atoms with Gasteiger partial charge in [0.25, 0.3) is 5.91 Å². The summed E-state index contributed by atoms with van der Waals surface area (Å²) in [4.78, 5) is 14.9. The second kappa shape index (κ2) is 10.0. The van der Waals surface area contributed by atoms with E-state index in [1.54, 1.807) is 47.4 Å². The molecule has 0 spiro atoms. The van der Waals surface area contributed by atoms with E-state index in [2.05, 4.69) is 6.92 Å². The number of sulfone groups is 1. The average Bonchev–Trinajstić information content (AvgIpc) is 3.07. The van der Waals surface area contributed by atoms with E-state index in [1.165, 1.54) is 0 Å². The SMILES string of the molecule is CCCCOc1ccc(C(=O)N(Cc2ccc(Cl)cc2Cl)[C@H]2CCS(=O)(=O)C2)cc1. The molecule has 162 valence electrons. The van der Waals surface area contributed by atoms with Crippen LogP contribution >= 0.6 is 23.2 Å². The fraction of sp³-hybridized carbons (Fsp3) is 0.409. The third-order valence-corrected chi connectivity index (χ3v) is 7.47. The second-order valence-corrected chi connectivity index (χ2v) is 10.5. The Kier molecular flexibility index (Phi) is 7.66. The molecule has 1 amide bonds. The predicted molar refractivity (Wildman–Crippen MR) is 120 cm³/mol. The molecule has 1 aliphatic rings. The second-order valence-electron chi connectivity index (χ2n) is 7.45. The molecule has 1 heterocycles. The summed E-state index contributed by atoms with van der Waals surface area (Å²) in [5.41, 5.74) is 1.20. The van der Waals surface area contributed by atoms with Crippen LogP contribution in [0.5, 0.6) is 5.75 Å². The third-order valence-electron chi connectivity index (χ3n) is 5.13. The Labute approximate surface area is 187 Å². The number of hydrogen-bond donors (Lipinski definition) is 0. The van der Waals surface area contributed by atoms with E-state index in [-0.39, 0.29) is 24.0 Å². The van der Waals surface area contributed by atoms with Gasteiger partial charge >= 0.3 is 0 Å². The first-order valence-corrected chi connectivity index (χ1v) is 12.5. The number of amides is 1. The van der Waals surface area contributed by atoms with E-state index in [0.29, 0.717) is 34.4 Å². The molecule has 1 atom stereocenters. The minimum Gasteiger partial charge on any atom is -0.494 e. The quantitative estimate of drug-likeness (QED) is 0.510. The highest BCUT2D eigenvalue weighted by Crippen LogP contribution is 2.27. The zero-order valence-corrected chi connectivity index (χ0v) is 19.1. The van der Waals surface area contributed by atoms with Gasteiger partial charge < -0.3 is 9.64 Å². The first kappa shape index (κ1) is 22.9. The van der Waals surface area contributed by atoms with Crippen molar-refractivity contribution in [3.63, 3.8) is 0 Å². The molecule has 0 N–H and O–H groups in total. The van der Waals surface area contributed by atoms with Crippen LogP contribution in [0.15, 0.2) is 42.5 Å². The number of hydrogen-bond acceptors (Lipinski definition) is 4. The number of carbonyl (C=O) groups excluding carboxylic acids is 1. The molecular weight excluding hydrogens is 445 g/mol. The van der Waals surface area contributed by atoms with Gasteiger partial charge in [-0.2, -0.15) is 0 Å². The lowest BCUT2D eigenvalue weighted by atomic mass is 10.1. The molecule has 0 saturated carbocycles. The van der Waals surface area contributed by atoms with Crippen molar-refractivity contribution in [3.05, 3.63) is 63.6 Å². The fourth-order valence-corrected chi connectivity index (χ4v) is 5.61. The number of rotatable bonds is 8. The van der Waals surface area contributed by atoms with Gasteiger partial charge in [-0.1, -0.05) is 42.6 Å². The van der Waals surface area contributed by atoms with Gasteiger partial charge in [-0.25, -0.2) is 8.42 Å². The molecule has 2 aromatic carbocycles. The number of unbranched alkanes of at least 4 members (excludes halogenated alkanes) is 1. The molecule has 0 radical (unpaired) electrons. The monoisotopic (exact) mass is 469 g/mol. The molecular formula is C22H25Cl2NO4S. The summed E-state index contributed by atoms with van der Waals surface area (Å²) in [6.07, 6.45) is 2.42. The van der Waals surface area contributed by atoms with Crippen molar-refractivity contribution >= 4 is 38.9 Å². The summed E-state index contributed by atoms with van der Waals surface area (Å²) in [6.45, 7) is 2.94. The highest BCUT2D eigenvalue weighted by atomic mass is 35.5. The van der Waals surface area contributed by atoms with Gasteiger partial charge in [0.2, 0.25) is 0 Å². The van der Waals surface area contributed by atoms with Crippen LogP contribution in [0.1, 0.15) is 42.1 Å². The summed E-state index contributed by atoms with van der Waals surface area (Å²) >= 11 is 12.3. The Bertz CT molecular complexity index is 993. The summed E-state index contributed by atoms with van der Waals surface area (Å²) in [7, 11) is -3.15. The zero-order chi connectivity index (χ0) is 21.7. The lowest BCUT2D eigenvalue weighted by Gasteiger charge is -2.29. The number of ether oxygens (including phenoxy) is 1. The van der Waals surface area contributed by atoms with Gasteiger partial charge in [-0.15, -0.1) is 0 Å². The van der Waals surface area contributed by atoms with Crippen molar-refractivity contribution in [2.24, 2.45) is 0 Å². The van der Waals surface area contributed by atoms with Gasteiger partial charge in [0.15, 0.2) is 9.84 Å². The molecule has 3 rings (SSSR count). The maximum atomic E-state index is 13.3. The normalized spacial score (nSPS) is 17.6. The Morgan fingerprint density at radius 3 is 2.50 bits per heavy atom. The van der Waals surface area contributed by atoms with Crippen LogP contribution in [0.3, 0.4) is 0 Å². The first-order valence-electron chi connectivity index (χ1n) is 9.97. The molecule has 0 aliphatic carbocycles. The van der Waals surface area contributed by atoms with Crippen molar-refractivity contribution in [2.75, 3.05) is 18.1 Å². The Balaban J connectivity index is 1.83. The standard InChI is InChI=1S/C22H25Cl2NO4S/c1-2-3-11-29-20-8-5-16(6-9-20)22(26)25(19-10-12-30(27,28)15-19)14-17-4-7-18(23)13-21(17)24/h4-9,13,19H,2-3,10-12,14-15H2,1H3/t19-/m0/s1. The van der Waals surface area contributed by atoms with Crippen LogP contribution in [0.4, 0.5) is 0 Å². The molecule has 1 aliphatic heterocycles. The lowest BCUT2D eigenvalue weighted by molar-refractivity contribution is 0.0681. The smallest absolute Gasteiger partial charge is 0.254 e. The Hall–Kier alpha value is -1.76. The van der Waals surface area contributed by atoms with Crippen molar-refractivity contribution in [1.82, 2.24) is 4.90 Å². The van der Waals surface area contributed by atoms with Crippen molar-refractivity contribution in [3.8, 4) is 5.75 Å². The summed E-state index contributed by atoms with van der Waals surface area (Å²) in [5, 5.41) is 0.949. The van der Waals surface area contributed by atoms with E-state index >= 15 is 0 Å².